The first-order valence-electron chi connectivity index (χ1n) is 11.5. The van der Waals surface area contributed by atoms with E-state index in [4.69, 9.17) is 10.00 Å². The van der Waals surface area contributed by atoms with Crippen molar-refractivity contribution in [3.05, 3.63) is 53.2 Å². The molecule has 2 aromatic heterocycles. The number of nitriles is 1. The van der Waals surface area contributed by atoms with Crippen LogP contribution in [0.1, 0.15) is 58.9 Å². The molecule has 0 bridgehead atoms. The molecular weight excluding hydrogens is 432 g/mol. The molecule has 0 aliphatic carbocycles. The zero-order chi connectivity index (χ0) is 24.1. The number of fused-ring (bicyclic) bond motifs is 1. The minimum absolute atomic E-state index is 0.0468. The number of methoxy groups -OCH3 is 1. The minimum Gasteiger partial charge on any atom is -0.385 e. The molecule has 3 aromatic rings. The monoisotopic (exact) mass is 460 g/mol. The Balaban J connectivity index is 1.65. The van der Waals surface area contributed by atoms with Crippen LogP contribution in [0.25, 0.3) is 11.2 Å². The minimum atomic E-state index is -0.376. The second kappa shape index (κ2) is 10.4. The van der Waals surface area contributed by atoms with Crippen molar-refractivity contribution in [2.75, 3.05) is 25.6 Å². The van der Waals surface area contributed by atoms with E-state index in [-0.39, 0.29) is 17.9 Å². The number of benzene rings is 1. The molecule has 1 aromatic carbocycles. The van der Waals surface area contributed by atoms with Gasteiger partial charge in [-0.2, -0.15) is 5.26 Å². The highest BCUT2D eigenvalue weighted by atomic mass is 16.5. The molecule has 1 unspecified atom stereocenters. The topological polar surface area (TPSA) is 113 Å². The smallest absolute Gasteiger partial charge is 0.258 e. The summed E-state index contributed by atoms with van der Waals surface area (Å²) in [6.07, 6.45) is 5.42. The summed E-state index contributed by atoms with van der Waals surface area (Å²) in [6, 6.07) is 10.5. The van der Waals surface area contributed by atoms with E-state index in [9.17, 15) is 9.59 Å². The number of likely N-dealkylation sites (tertiary alicyclic amines) is 1. The van der Waals surface area contributed by atoms with Crippen LogP contribution in [0, 0.1) is 11.3 Å². The standard InChI is InChI=1S/C25H28N6O3/c1-17-7-3-4-10-30(17)24(33)20-14-21-22(27-16-20)31(11-6-12-34-2)25(28-21)29-23(32)19-9-5-8-18(13-19)15-26/h5,8-9,13-14,16-17H,3-4,6-7,10-12H2,1-2H3,(H,28,29,32). The Kier molecular flexibility index (Phi) is 7.18. The largest absolute Gasteiger partial charge is 0.385 e. The molecule has 1 aliphatic heterocycles. The Labute approximate surface area is 198 Å². The van der Waals surface area contributed by atoms with Gasteiger partial charge < -0.3 is 9.64 Å². The number of hydrogen-bond donors (Lipinski definition) is 1. The van der Waals surface area contributed by atoms with Gasteiger partial charge in [0.15, 0.2) is 5.65 Å². The van der Waals surface area contributed by atoms with Crippen molar-refractivity contribution < 1.29 is 14.3 Å². The van der Waals surface area contributed by atoms with Gasteiger partial charge in [-0.3, -0.25) is 19.5 Å². The number of nitrogens with one attached hydrogen (secondary N) is 1. The fraction of sp³-hybridized carbons (Fsp3) is 0.400. The first-order valence-corrected chi connectivity index (χ1v) is 11.5. The molecule has 2 amide bonds. The van der Waals surface area contributed by atoms with Crippen LogP contribution in [-0.4, -0.2) is 57.6 Å². The number of pyridine rings is 1. The molecule has 1 saturated heterocycles. The third-order valence-electron chi connectivity index (χ3n) is 6.11. The molecule has 9 heteroatoms. The first kappa shape index (κ1) is 23.4. The van der Waals surface area contributed by atoms with Crippen LogP contribution in [0.4, 0.5) is 5.95 Å². The van der Waals surface area contributed by atoms with Crippen molar-refractivity contribution in [2.24, 2.45) is 0 Å². The molecule has 0 spiro atoms. The third-order valence-corrected chi connectivity index (χ3v) is 6.11. The molecule has 1 N–H and O–H groups in total. The Morgan fingerprint density at radius 2 is 2.12 bits per heavy atom. The van der Waals surface area contributed by atoms with Crippen molar-refractivity contribution in [3.63, 3.8) is 0 Å². The van der Waals surface area contributed by atoms with E-state index in [1.54, 1.807) is 37.6 Å². The summed E-state index contributed by atoms with van der Waals surface area (Å²) in [5.41, 5.74) is 2.37. The third kappa shape index (κ3) is 4.92. The van der Waals surface area contributed by atoms with E-state index < -0.39 is 0 Å². The predicted octanol–water partition coefficient (Wildman–Crippen LogP) is 3.61. The number of amides is 2. The fourth-order valence-corrected chi connectivity index (χ4v) is 4.27. The van der Waals surface area contributed by atoms with Crippen LogP contribution < -0.4 is 5.32 Å². The molecule has 1 aliphatic rings. The Morgan fingerprint density at radius 1 is 1.26 bits per heavy atom. The molecule has 3 heterocycles. The van der Waals surface area contributed by atoms with Crippen LogP contribution in [0.5, 0.6) is 0 Å². The van der Waals surface area contributed by atoms with Gasteiger partial charge in [-0.25, -0.2) is 9.97 Å². The number of imidazole rings is 1. The van der Waals surface area contributed by atoms with E-state index in [0.29, 0.717) is 53.4 Å². The fourth-order valence-electron chi connectivity index (χ4n) is 4.27. The van der Waals surface area contributed by atoms with Crippen molar-refractivity contribution in [2.45, 2.75) is 45.2 Å². The van der Waals surface area contributed by atoms with E-state index >= 15 is 0 Å². The number of anilines is 1. The van der Waals surface area contributed by atoms with Crippen molar-refractivity contribution in [3.8, 4) is 6.07 Å². The normalized spacial score (nSPS) is 15.8. The van der Waals surface area contributed by atoms with Gasteiger partial charge in [0.25, 0.3) is 11.8 Å². The highest BCUT2D eigenvalue weighted by Crippen LogP contribution is 2.23. The number of ether oxygens (including phenoxy) is 1. The summed E-state index contributed by atoms with van der Waals surface area (Å²) in [5.74, 6) is -0.0878. The molecule has 0 radical (unpaired) electrons. The average molecular weight is 461 g/mol. The lowest BCUT2D eigenvalue weighted by atomic mass is 10.0. The number of rotatable bonds is 7. The van der Waals surface area contributed by atoms with Crippen LogP contribution in [0.15, 0.2) is 36.5 Å². The first-order chi connectivity index (χ1) is 16.5. The van der Waals surface area contributed by atoms with E-state index in [1.807, 2.05) is 15.5 Å². The molecular formula is C25H28N6O3. The van der Waals surface area contributed by atoms with Gasteiger partial charge >= 0.3 is 0 Å². The lowest BCUT2D eigenvalue weighted by Crippen LogP contribution is -2.42. The van der Waals surface area contributed by atoms with Crippen molar-refractivity contribution >= 4 is 28.9 Å². The van der Waals surface area contributed by atoms with Crippen molar-refractivity contribution in [1.82, 2.24) is 19.4 Å². The zero-order valence-electron chi connectivity index (χ0n) is 19.5. The lowest BCUT2D eigenvalue weighted by molar-refractivity contribution is 0.0635. The van der Waals surface area contributed by atoms with Gasteiger partial charge in [0.2, 0.25) is 5.95 Å². The Hall–Kier alpha value is -3.77. The Bertz CT molecular complexity index is 1250. The number of hydrogen-bond acceptors (Lipinski definition) is 6. The number of carbonyl (C=O) groups excluding carboxylic acids is 2. The van der Waals surface area contributed by atoms with Gasteiger partial charge in [0.05, 0.1) is 17.2 Å². The van der Waals surface area contributed by atoms with Crippen molar-refractivity contribution in [1.29, 1.82) is 5.26 Å². The van der Waals surface area contributed by atoms with Gasteiger partial charge in [-0.1, -0.05) is 6.07 Å². The molecule has 4 rings (SSSR count). The highest BCUT2D eigenvalue weighted by molar-refractivity contribution is 6.04. The maximum Gasteiger partial charge on any atom is 0.258 e. The van der Waals surface area contributed by atoms with Gasteiger partial charge in [-0.15, -0.1) is 0 Å². The number of piperidine rings is 1. The predicted molar refractivity (Wildman–Crippen MR) is 127 cm³/mol. The van der Waals surface area contributed by atoms with E-state index in [0.717, 1.165) is 25.8 Å². The number of nitrogens with zero attached hydrogens (tertiary/aromatic N) is 5. The molecule has 176 valence electrons. The average Bonchev–Trinajstić information content (AvgIpc) is 3.20. The van der Waals surface area contributed by atoms with Crippen LogP contribution in [0.2, 0.25) is 0 Å². The number of aromatic nitrogens is 3. The van der Waals surface area contributed by atoms with Gasteiger partial charge in [0.1, 0.15) is 5.52 Å². The molecule has 1 atom stereocenters. The van der Waals surface area contributed by atoms with Crippen LogP contribution in [-0.2, 0) is 11.3 Å². The van der Waals surface area contributed by atoms with Gasteiger partial charge in [-0.05, 0) is 56.9 Å². The lowest BCUT2D eigenvalue weighted by Gasteiger charge is -2.33. The summed E-state index contributed by atoms with van der Waals surface area (Å²) in [4.78, 5) is 37.0. The molecule has 34 heavy (non-hydrogen) atoms. The maximum atomic E-state index is 13.1. The molecule has 1 fully saturated rings. The summed E-state index contributed by atoms with van der Waals surface area (Å²) in [5, 5.41) is 12.0. The highest BCUT2D eigenvalue weighted by Gasteiger charge is 2.25. The summed E-state index contributed by atoms with van der Waals surface area (Å²) in [7, 11) is 1.63. The maximum absolute atomic E-state index is 13.1. The summed E-state index contributed by atoms with van der Waals surface area (Å²) < 4.78 is 6.99. The molecule has 9 nitrogen and oxygen atoms in total. The zero-order valence-corrected chi connectivity index (χ0v) is 19.5. The second-order valence-electron chi connectivity index (χ2n) is 8.49. The number of aryl methyl sites for hydroxylation is 1. The van der Waals surface area contributed by atoms with E-state index in [1.165, 1.54) is 6.07 Å². The quantitative estimate of drug-likeness (QED) is 0.539. The van der Waals surface area contributed by atoms with Crippen LogP contribution in [0.3, 0.4) is 0 Å². The summed E-state index contributed by atoms with van der Waals surface area (Å²) in [6.45, 7) is 3.89. The Morgan fingerprint density at radius 3 is 2.88 bits per heavy atom. The van der Waals surface area contributed by atoms with Gasteiger partial charge in [0, 0.05) is 44.6 Å². The SMILES string of the molecule is COCCCn1c(NC(=O)c2cccc(C#N)c2)nc2cc(C(=O)N3CCCCC3C)cnc21. The van der Waals surface area contributed by atoms with E-state index in [2.05, 4.69) is 22.2 Å². The second-order valence-corrected chi connectivity index (χ2v) is 8.49. The summed E-state index contributed by atoms with van der Waals surface area (Å²) >= 11 is 0. The van der Waals surface area contributed by atoms with Crippen LogP contribution >= 0.6 is 0 Å². The molecule has 0 saturated carbocycles. The number of carbonyl (C=O) groups is 2.